The Balaban J connectivity index is 1.36. The van der Waals surface area contributed by atoms with Crippen LogP contribution in [0.4, 0.5) is 18.9 Å². The van der Waals surface area contributed by atoms with E-state index in [0.29, 0.717) is 34.7 Å². The van der Waals surface area contributed by atoms with Gasteiger partial charge in [0.15, 0.2) is 0 Å². The molecule has 4 aromatic carbocycles. The molecule has 0 radical (unpaired) electrons. The molecule has 0 spiro atoms. The smallest absolute Gasteiger partial charge is 0.369 e. The van der Waals surface area contributed by atoms with Gasteiger partial charge >= 0.3 is 6.18 Å². The summed E-state index contributed by atoms with van der Waals surface area (Å²) in [4.78, 5) is 43.2. The SMILES string of the molecule is C=CC[C@H](C(N)=O)[C@@H](CC1CCC1)C(=O)NC1C(=O)N(Cc2cccc(-c3ccc(C(F)(F)F)cc3)c2)c2ccccc2-c2ccccc21. The molecule has 6 nitrogen and oxygen atoms in total. The molecule has 9 heteroatoms. The Morgan fingerprint density at radius 1 is 0.898 bits per heavy atom. The van der Waals surface area contributed by atoms with Crippen molar-refractivity contribution >= 4 is 23.4 Å². The van der Waals surface area contributed by atoms with Gasteiger partial charge in [-0.25, -0.2) is 0 Å². The molecular weight excluding hydrogens is 627 g/mol. The lowest BCUT2D eigenvalue weighted by atomic mass is 9.74. The average molecular weight is 666 g/mol. The first-order valence-corrected chi connectivity index (χ1v) is 16.5. The molecule has 2 aliphatic rings. The van der Waals surface area contributed by atoms with Crippen LogP contribution in [-0.4, -0.2) is 17.7 Å². The maximum atomic E-state index is 14.7. The molecule has 0 aromatic heterocycles. The normalized spacial score (nSPS) is 17.2. The Bertz CT molecular complexity index is 1870. The van der Waals surface area contributed by atoms with Crippen molar-refractivity contribution in [2.45, 2.75) is 50.9 Å². The van der Waals surface area contributed by atoms with Crippen LogP contribution in [0.2, 0.25) is 0 Å². The minimum absolute atomic E-state index is 0.135. The van der Waals surface area contributed by atoms with E-state index in [2.05, 4.69) is 11.9 Å². The Hall–Kier alpha value is -5.18. The van der Waals surface area contributed by atoms with Crippen LogP contribution in [0.15, 0.2) is 110 Å². The van der Waals surface area contributed by atoms with Gasteiger partial charge in [0.2, 0.25) is 11.8 Å². The van der Waals surface area contributed by atoms with Crippen LogP contribution in [0.1, 0.15) is 54.8 Å². The van der Waals surface area contributed by atoms with Gasteiger partial charge in [-0.1, -0.05) is 98.1 Å². The third-order valence-electron chi connectivity index (χ3n) is 9.79. The molecule has 1 saturated carbocycles. The molecule has 3 amide bonds. The summed E-state index contributed by atoms with van der Waals surface area (Å²) in [6.45, 7) is 3.91. The van der Waals surface area contributed by atoms with Gasteiger partial charge in [0.1, 0.15) is 6.04 Å². The molecule has 3 N–H and O–H groups in total. The number of anilines is 1. The fourth-order valence-corrected chi connectivity index (χ4v) is 6.97. The van der Waals surface area contributed by atoms with Crippen molar-refractivity contribution in [2.75, 3.05) is 4.90 Å². The molecule has 1 heterocycles. The summed E-state index contributed by atoms with van der Waals surface area (Å²) in [5.41, 5.74) is 10.0. The third-order valence-corrected chi connectivity index (χ3v) is 9.79. The van der Waals surface area contributed by atoms with E-state index in [4.69, 9.17) is 5.73 Å². The van der Waals surface area contributed by atoms with Crippen LogP contribution in [0.25, 0.3) is 22.3 Å². The molecule has 1 aliphatic heterocycles. The number of hydrogen-bond donors (Lipinski definition) is 2. The zero-order valence-corrected chi connectivity index (χ0v) is 27.0. The first-order chi connectivity index (χ1) is 23.5. The largest absolute Gasteiger partial charge is 0.416 e. The Kier molecular flexibility index (Phi) is 9.72. The van der Waals surface area contributed by atoms with Gasteiger partial charge in [-0.15, -0.1) is 6.58 Å². The van der Waals surface area contributed by atoms with Gasteiger partial charge in [0.05, 0.1) is 29.6 Å². The second kappa shape index (κ2) is 14.1. The van der Waals surface area contributed by atoms with Crippen LogP contribution in [-0.2, 0) is 27.1 Å². The lowest BCUT2D eigenvalue weighted by Crippen LogP contribution is -2.47. The first-order valence-electron chi connectivity index (χ1n) is 16.5. The lowest BCUT2D eigenvalue weighted by Gasteiger charge is -2.33. The van der Waals surface area contributed by atoms with Crippen molar-refractivity contribution in [3.05, 3.63) is 126 Å². The Labute approximate surface area is 283 Å². The summed E-state index contributed by atoms with van der Waals surface area (Å²) in [7, 11) is 0. The highest BCUT2D eigenvalue weighted by Crippen LogP contribution is 2.42. The number of benzene rings is 4. The number of para-hydroxylation sites is 1. The number of nitrogens with two attached hydrogens (primary N) is 1. The van der Waals surface area contributed by atoms with E-state index in [-0.39, 0.29) is 18.9 Å². The number of rotatable bonds is 11. The molecule has 3 atom stereocenters. The van der Waals surface area contributed by atoms with Gasteiger partial charge in [-0.2, -0.15) is 13.2 Å². The molecule has 49 heavy (non-hydrogen) atoms. The number of primary amides is 1. The van der Waals surface area contributed by atoms with Gasteiger partial charge in [-0.05, 0) is 70.8 Å². The van der Waals surface area contributed by atoms with Crippen LogP contribution < -0.4 is 16.0 Å². The first kappa shape index (κ1) is 33.7. The zero-order chi connectivity index (χ0) is 34.7. The maximum Gasteiger partial charge on any atom is 0.416 e. The molecule has 1 aliphatic carbocycles. The minimum Gasteiger partial charge on any atom is -0.369 e. The number of carbonyl (C=O) groups is 3. The highest BCUT2D eigenvalue weighted by Gasteiger charge is 2.40. The molecule has 1 unspecified atom stereocenters. The van der Waals surface area contributed by atoms with Crippen LogP contribution in [0, 0.1) is 17.8 Å². The van der Waals surface area contributed by atoms with Crippen molar-refractivity contribution in [1.29, 1.82) is 0 Å². The second-order valence-electron chi connectivity index (χ2n) is 12.9. The van der Waals surface area contributed by atoms with Crippen molar-refractivity contribution in [2.24, 2.45) is 23.5 Å². The fourth-order valence-electron chi connectivity index (χ4n) is 6.97. The van der Waals surface area contributed by atoms with Crippen LogP contribution in [0.3, 0.4) is 0 Å². The molecule has 6 rings (SSSR count). The number of halogens is 3. The van der Waals surface area contributed by atoms with Gasteiger partial charge in [-0.3, -0.25) is 14.4 Å². The van der Waals surface area contributed by atoms with E-state index in [1.54, 1.807) is 17.0 Å². The van der Waals surface area contributed by atoms with E-state index in [1.807, 2.05) is 66.7 Å². The quantitative estimate of drug-likeness (QED) is 0.158. The van der Waals surface area contributed by atoms with Crippen LogP contribution in [0.5, 0.6) is 0 Å². The number of nitrogens with zero attached hydrogens (tertiary/aromatic N) is 1. The lowest BCUT2D eigenvalue weighted by molar-refractivity contribution is -0.137. The van der Waals surface area contributed by atoms with E-state index in [1.165, 1.54) is 12.1 Å². The molecule has 1 fully saturated rings. The van der Waals surface area contributed by atoms with E-state index in [9.17, 15) is 27.6 Å². The number of allylic oxidation sites excluding steroid dienone is 1. The summed E-state index contributed by atoms with van der Waals surface area (Å²) in [5, 5.41) is 3.05. The molecule has 4 aromatic rings. The van der Waals surface area contributed by atoms with Crippen LogP contribution >= 0.6 is 0 Å². The second-order valence-corrected chi connectivity index (χ2v) is 12.9. The number of hydrogen-bond acceptors (Lipinski definition) is 3. The monoisotopic (exact) mass is 665 g/mol. The summed E-state index contributed by atoms with van der Waals surface area (Å²) in [5.74, 6) is -2.50. The van der Waals surface area contributed by atoms with Gasteiger partial charge < -0.3 is 16.0 Å². The minimum atomic E-state index is -4.44. The molecular formula is C40H38F3N3O3. The number of fused-ring (bicyclic) bond motifs is 3. The van der Waals surface area contributed by atoms with E-state index >= 15 is 0 Å². The predicted octanol–water partition coefficient (Wildman–Crippen LogP) is 8.23. The summed E-state index contributed by atoms with van der Waals surface area (Å²) in [6.07, 6.45) is 0.933. The number of alkyl halides is 3. The molecule has 0 saturated heterocycles. The number of nitrogens with one attached hydrogen (secondary N) is 1. The van der Waals surface area contributed by atoms with Crippen molar-refractivity contribution < 1.29 is 27.6 Å². The summed E-state index contributed by atoms with van der Waals surface area (Å²) in [6, 6.07) is 26.2. The third kappa shape index (κ3) is 7.16. The highest BCUT2D eigenvalue weighted by atomic mass is 19.4. The standard InChI is InChI=1S/C40H38F3N3O3/c1-2-9-33(37(44)47)34(23-25-10-7-11-25)38(48)45-36-32-16-4-3-14-30(32)31-15-5-6-17-35(31)46(39(36)49)24-26-12-8-13-28(22-26)27-18-20-29(21-19-27)40(41,42)43/h2-6,8,12-22,25,33-34,36H,1,7,9-11,23-24H2,(H2,44,47)(H,45,48)/t33-,34+,36?/m0/s1. The zero-order valence-electron chi connectivity index (χ0n) is 27.0. The maximum absolute atomic E-state index is 14.7. The number of carbonyl (C=O) groups excluding carboxylic acids is 3. The summed E-state index contributed by atoms with van der Waals surface area (Å²) >= 11 is 0. The van der Waals surface area contributed by atoms with Crippen molar-refractivity contribution in [3.63, 3.8) is 0 Å². The van der Waals surface area contributed by atoms with Gasteiger partial charge in [0.25, 0.3) is 5.91 Å². The Morgan fingerprint density at radius 3 is 2.24 bits per heavy atom. The molecule has 0 bridgehead atoms. The summed E-state index contributed by atoms with van der Waals surface area (Å²) < 4.78 is 39.6. The predicted molar refractivity (Wildman–Crippen MR) is 184 cm³/mol. The Morgan fingerprint density at radius 2 is 1.59 bits per heavy atom. The number of amides is 3. The van der Waals surface area contributed by atoms with Crippen molar-refractivity contribution in [3.8, 4) is 22.3 Å². The van der Waals surface area contributed by atoms with E-state index in [0.717, 1.165) is 48.1 Å². The highest BCUT2D eigenvalue weighted by molar-refractivity contribution is 6.06. The topological polar surface area (TPSA) is 92.5 Å². The van der Waals surface area contributed by atoms with Gasteiger partial charge in [0, 0.05) is 5.56 Å². The fraction of sp³-hybridized carbons (Fsp3) is 0.275. The molecule has 252 valence electrons. The average Bonchev–Trinajstić information content (AvgIpc) is 3.16. The van der Waals surface area contributed by atoms with Crippen molar-refractivity contribution in [1.82, 2.24) is 5.32 Å². The van der Waals surface area contributed by atoms with E-state index < -0.39 is 41.4 Å².